The molecule has 0 saturated carbocycles. The summed E-state index contributed by atoms with van der Waals surface area (Å²) < 4.78 is 0. The second-order valence-electron chi connectivity index (χ2n) is 5.33. The zero-order valence-electron chi connectivity index (χ0n) is 12.0. The van der Waals surface area contributed by atoms with Crippen LogP contribution in [0, 0.1) is 6.92 Å². The van der Waals surface area contributed by atoms with E-state index >= 15 is 0 Å². The molecule has 0 spiro atoms. The van der Waals surface area contributed by atoms with Crippen LogP contribution in [0.15, 0.2) is 30.5 Å². The van der Waals surface area contributed by atoms with Crippen molar-refractivity contribution >= 4 is 11.8 Å². The molecular weight excluding hydrogens is 248 g/mol. The van der Waals surface area contributed by atoms with Gasteiger partial charge in [-0.25, -0.2) is 4.98 Å². The predicted octanol–water partition coefficient (Wildman–Crippen LogP) is 2.80. The quantitative estimate of drug-likeness (QED) is 0.898. The molecule has 0 aliphatic heterocycles. The lowest BCUT2D eigenvalue weighted by molar-refractivity contribution is 0.608. The molecule has 1 aliphatic rings. The van der Waals surface area contributed by atoms with E-state index in [0.717, 1.165) is 30.6 Å². The van der Waals surface area contributed by atoms with Crippen molar-refractivity contribution in [1.29, 1.82) is 0 Å². The van der Waals surface area contributed by atoms with Crippen molar-refractivity contribution in [2.45, 2.75) is 32.2 Å². The Morgan fingerprint density at radius 1 is 1.20 bits per heavy atom. The van der Waals surface area contributed by atoms with Crippen molar-refractivity contribution in [3.8, 4) is 0 Å². The molecule has 1 unspecified atom stereocenters. The zero-order chi connectivity index (χ0) is 13.9. The maximum absolute atomic E-state index is 4.51. The molecule has 1 atom stereocenters. The summed E-state index contributed by atoms with van der Waals surface area (Å²) in [4.78, 5) is 8.73. The first-order valence-electron chi connectivity index (χ1n) is 7.11. The van der Waals surface area contributed by atoms with E-state index in [2.05, 4.69) is 44.9 Å². The molecule has 0 bridgehead atoms. The van der Waals surface area contributed by atoms with Crippen LogP contribution in [0.25, 0.3) is 0 Å². The van der Waals surface area contributed by atoms with Crippen LogP contribution in [0.3, 0.4) is 0 Å². The van der Waals surface area contributed by atoms with Crippen LogP contribution in [0.2, 0.25) is 0 Å². The third-order valence-electron chi connectivity index (χ3n) is 3.88. The molecule has 0 saturated heterocycles. The smallest absolute Gasteiger partial charge is 0.224 e. The van der Waals surface area contributed by atoms with Gasteiger partial charge in [0.1, 0.15) is 5.82 Å². The van der Waals surface area contributed by atoms with Crippen molar-refractivity contribution < 1.29 is 0 Å². The average Bonchev–Trinajstić information content (AvgIpc) is 2.49. The summed E-state index contributed by atoms with van der Waals surface area (Å²) in [6.07, 6.45) is 5.21. The van der Waals surface area contributed by atoms with Gasteiger partial charge >= 0.3 is 0 Å². The number of rotatable bonds is 3. The fourth-order valence-corrected chi connectivity index (χ4v) is 2.72. The molecule has 0 fully saturated rings. The summed E-state index contributed by atoms with van der Waals surface area (Å²) in [5, 5.41) is 6.56. The molecule has 4 nitrogen and oxygen atoms in total. The highest BCUT2D eigenvalue weighted by Crippen LogP contribution is 2.24. The fraction of sp³-hybridized carbons (Fsp3) is 0.375. The van der Waals surface area contributed by atoms with E-state index in [0.29, 0.717) is 12.0 Å². The van der Waals surface area contributed by atoms with Gasteiger partial charge in [0.25, 0.3) is 0 Å². The monoisotopic (exact) mass is 268 g/mol. The van der Waals surface area contributed by atoms with E-state index in [9.17, 15) is 0 Å². The van der Waals surface area contributed by atoms with Crippen molar-refractivity contribution in [3.05, 3.63) is 47.2 Å². The molecule has 4 heteroatoms. The van der Waals surface area contributed by atoms with Crippen LogP contribution < -0.4 is 10.6 Å². The molecule has 2 aromatic rings. The van der Waals surface area contributed by atoms with E-state index in [1.165, 1.54) is 11.1 Å². The fourth-order valence-electron chi connectivity index (χ4n) is 2.72. The van der Waals surface area contributed by atoms with Gasteiger partial charge in [-0.3, -0.25) is 0 Å². The SMILES string of the molecule is CNc1ncc(C)c(NC2CCc3ccccc3C2)n1. The lowest BCUT2D eigenvalue weighted by atomic mass is 9.88. The molecular formula is C16H20N4. The minimum Gasteiger partial charge on any atom is -0.367 e. The van der Waals surface area contributed by atoms with Crippen molar-refractivity contribution in [3.63, 3.8) is 0 Å². The zero-order valence-corrected chi connectivity index (χ0v) is 12.0. The molecule has 20 heavy (non-hydrogen) atoms. The normalized spacial score (nSPS) is 17.4. The molecule has 1 aliphatic carbocycles. The summed E-state index contributed by atoms with van der Waals surface area (Å²) in [5.74, 6) is 1.60. The van der Waals surface area contributed by atoms with E-state index in [4.69, 9.17) is 0 Å². The van der Waals surface area contributed by atoms with E-state index < -0.39 is 0 Å². The number of nitrogens with zero attached hydrogens (tertiary/aromatic N) is 2. The highest BCUT2D eigenvalue weighted by Gasteiger charge is 2.19. The summed E-state index contributed by atoms with van der Waals surface area (Å²) in [6, 6.07) is 9.16. The first-order chi connectivity index (χ1) is 9.76. The summed E-state index contributed by atoms with van der Waals surface area (Å²) >= 11 is 0. The number of fused-ring (bicyclic) bond motifs is 1. The maximum Gasteiger partial charge on any atom is 0.224 e. The minimum atomic E-state index is 0.447. The number of aryl methyl sites for hydroxylation is 2. The Bertz CT molecular complexity index is 609. The molecule has 0 radical (unpaired) electrons. The van der Waals surface area contributed by atoms with E-state index in [1.54, 1.807) is 0 Å². The largest absolute Gasteiger partial charge is 0.367 e. The molecule has 0 amide bonds. The predicted molar refractivity (Wildman–Crippen MR) is 82.2 cm³/mol. The summed E-state index contributed by atoms with van der Waals surface area (Å²) in [6.45, 7) is 2.04. The van der Waals surface area contributed by atoms with Gasteiger partial charge in [0.05, 0.1) is 0 Å². The number of benzene rings is 1. The highest BCUT2D eigenvalue weighted by atomic mass is 15.1. The third kappa shape index (κ3) is 2.59. The molecule has 1 aromatic carbocycles. The molecule has 3 rings (SSSR count). The Kier molecular flexibility index (Phi) is 3.54. The van der Waals surface area contributed by atoms with Crippen molar-refractivity contribution in [2.75, 3.05) is 17.7 Å². The number of anilines is 2. The van der Waals surface area contributed by atoms with Gasteiger partial charge in [0.2, 0.25) is 5.95 Å². The molecule has 1 heterocycles. The van der Waals surface area contributed by atoms with Crippen LogP contribution in [0.4, 0.5) is 11.8 Å². The Morgan fingerprint density at radius 2 is 2.00 bits per heavy atom. The second kappa shape index (κ2) is 5.49. The Hall–Kier alpha value is -2.10. The van der Waals surface area contributed by atoms with Gasteiger partial charge in [0, 0.05) is 24.8 Å². The number of aromatic nitrogens is 2. The van der Waals surface area contributed by atoms with Gasteiger partial charge < -0.3 is 10.6 Å². The first-order valence-corrected chi connectivity index (χ1v) is 7.11. The second-order valence-corrected chi connectivity index (χ2v) is 5.33. The third-order valence-corrected chi connectivity index (χ3v) is 3.88. The van der Waals surface area contributed by atoms with Crippen LogP contribution in [-0.2, 0) is 12.8 Å². The average molecular weight is 268 g/mol. The Labute approximate surface area is 119 Å². The van der Waals surface area contributed by atoms with Gasteiger partial charge in [-0.15, -0.1) is 0 Å². The standard InChI is InChI=1S/C16H20N4/c1-11-10-18-16(17-2)20-15(11)19-14-8-7-12-5-3-4-6-13(12)9-14/h3-6,10,14H,7-9H2,1-2H3,(H2,17,18,19,20). The van der Waals surface area contributed by atoms with Gasteiger partial charge in [-0.1, -0.05) is 24.3 Å². The number of hydrogen-bond acceptors (Lipinski definition) is 4. The number of hydrogen-bond donors (Lipinski definition) is 2. The molecule has 104 valence electrons. The van der Waals surface area contributed by atoms with E-state index in [1.807, 2.05) is 20.2 Å². The van der Waals surface area contributed by atoms with Crippen LogP contribution in [-0.4, -0.2) is 23.1 Å². The van der Waals surface area contributed by atoms with Crippen molar-refractivity contribution in [1.82, 2.24) is 9.97 Å². The van der Waals surface area contributed by atoms with Gasteiger partial charge in [0.15, 0.2) is 0 Å². The van der Waals surface area contributed by atoms with Crippen LogP contribution in [0.1, 0.15) is 23.1 Å². The lowest BCUT2D eigenvalue weighted by Gasteiger charge is -2.26. The van der Waals surface area contributed by atoms with Crippen LogP contribution in [0.5, 0.6) is 0 Å². The number of nitrogens with one attached hydrogen (secondary N) is 2. The summed E-state index contributed by atoms with van der Waals surface area (Å²) in [5.41, 5.74) is 4.03. The molecule has 1 aromatic heterocycles. The topological polar surface area (TPSA) is 49.8 Å². The Morgan fingerprint density at radius 3 is 2.80 bits per heavy atom. The Balaban J connectivity index is 1.76. The summed E-state index contributed by atoms with van der Waals surface area (Å²) in [7, 11) is 1.84. The minimum absolute atomic E-state index is 0.447. The highest BCUT2D eigenvalue weighted by molar-refractivity contribution is 5.47. The van der Waals surface area contributed by atoms with Crippen LogP contribution >= 0.6 is 0 Å². The van der Waals surface area contributed by atoms with Crippen molar-refractivity contribution in [2.24, 2.45) is 0 Å². The maximum atomic E-state index is 4.51. The van der Waals surface area contributed by atoms with E-state index in [-0.39, 0.29) is 0 Å². The van der Waals surface area contributed by atoms with Gasteiger partial charge in [-0.05, 0) is 37.3 Å². The van der Waals surface area contributed by atoms with Gasteiger partial charge in [-0.2, -0.15) is 4.98 Å². The first kappa shape index (κ1) is 12.9. The molecule has 2 N–H and O–H groups in total. The lowest BCUT2D eigenvalue weighted by Crippen LogP contribution is -2.28.